The number of piperidine rings is 1. The molecule has 3 heterocycles. The van der Waals surface area contributed by atoms with Gasteiger partial charge in [-0.2, -0.15) is 5.10 Å². The summed E-state index contributed by atoms with van der Waals surface area (Å²) in [5.41, 5.74) is 7.56. The minimum Gasteiger partial charge on any atom is -0.377 e. The minimum absolute atomic E-state index is 0.334. The van der Waals surface area contributed by atoms with E-state index in [1.165, 1.54) is 0 Å². The van der Waals surface area contributed by atoms with Crippen LogP contribution in [0.1, 0.15) is 18.5 Å². The fourth-order valence-corrected chi connectivity index (χ4v) is 2.74. The van der Waals surface area contributed by atoms with Gasteiger partial charge in [-0.05, 0) is 25.8 Å². The van der Waals surface area contributed by atoms with Crippen LogP contribution < -0.4 is 10.6 Å². The summed E-state index contributed by atoms with van der Waals surface area (Å²) in [5.74, 6) is 1.02. The van der Waals surface area contributed by atoms with Gasteiger partial charge in [0, 0.05) is 32.0 Å². The van der Waals surface area contributed by atoms with Gasteiger partial charge >= 0.3 is 0 Å². The molecule has 1 saturated heterocycles. The number of anilines is 1. The lowest BCUT2D eigenvalue weighted by molar-refractivity contribution is 0.0421. The normalized spacial score (nSPS) is 17.0. The molecule has 20 heavy (non-hydrogen) atoms. The van der Waals surface area contributed by atoms with Crippen LogP contribution in [0.5, 0.6) is 0 Å². The van der Waals surface area contributed by atoms with Crippen LogP contribution in [-0.2, 0) is 4.74 Å². The van der Waals surface area contributed by atoms with Crippen molar-refractivity contribution in [2.24, 2.45) is 5.73 Å². The molecule has 6 nitrogen and oxygen atoms in total. The summed E-state index contributed by atoms with van der Waals surface area (Å²) in [5, 5.41) is 4.44. The predicted molar refractivity (Wildman–Crippen MR) is 78.0 cm³/mol. The molecule has 0 bridgehead atoms. The maximum absolute atomic E-state index is 5.72. The maximum Gasteiger partial charge on any atom is 0.154 e. The van der Waals surface area contributed by atoms with Gasteiger partial charge in [0.25, 0.3) is 0 Å². The second kappa shape index (κ2) is 5.76. The molecule has 1 fully saturated rings. The minimum atomic E-state index is 0.334. The van der Waals surface area contributed by atoms with Gasteiger partial charge in [0.1, 0.15) is 5.52 Å². The van der Waals surface area contributed by atoms with Crippen molar-refractivity contribution in [3.8, 4) is 0 Å². The Bertz CT molecular complexity index is 574. The Morgan fingerprint density at radius 1 is 1.40 bits per heavy atom. The van der Waals surface area contributed by atoms with Crippen molar-refractivity contribution in [1.29, 1.82) is 0 Å². The Hall–Kier alpha value is -1.66. The van der Waals surface area contributed by atoms with E-state index in [1.54, 1.807) is 0 Å². The van der Waals surface area contributed by atoms with Crippen LogP contribution in [0, 0.1) is 6.92 Å². The summed E-state index contributed by atoms with van der Waals surface area (Å²) >= 11 is 0. The fourth-order valence-electron chi connectivity index (χ4n) is 2.74. The monoisotopic (exact) mass is 275 g/mol. The molecule has 0 saturated carbocycles. The first-order chi connectivity index (χ1) is 9.78. The molecule has 108 valence electrons. The largest absolute Gasteiger partial charge is 0.377 e. The van der Waals surface area contributed by atoms with Crippen molar-refractivity contribution < 1.29 is 4.74 Å². The highest BCUT2D eigenvalue weighted by molar-refractivity contribution is 5.69. The number of hydrogen-bond donors (Lipinski definition) is 1. The average Bonchev–Trinajstić information content (AvgIpc) is 2.85. The summed E-state index contributed by atoms with van der Waals surface area (Å²) < 4.78 is 7.62. The van der Waals surface area contributed by atoms with Gasteiger partial charge in [-0.25, -0.2) is 9.50 Å². The molecule has 3 rings (SSSR count). The molecule has 0 unspecified atom stereocenters. The topological polar surface area (TPSA) is 68.7 Å². The van der Waals surface area contributed by atoms with Crippen LogP contribution in [0.3, 0.4) is 0 Å². The molecule has 0 spiro atoms. The third kappa shape index (κ3) is 2.62. The smallest absolute Gasteiger partial charge is 0.154 e. The number of fused-ring (bicyclic) bond motifs is 1. The average molecular weight is 275 g/mol. The predicted octanol–water partition coefficient (Wildman–Crippen LogP) is 0.982. The van der Waals surface area contributed by atoms with E-state index in [2.05, 4.69) is 21.0 Å². The Kier molecular flexibility index (Phi) is 3.84. The van der Waals surface area contributed by atoms with Crippen LogP contribution in [0.15, 0.2) is 18.5 Å². The second-order valence-corrected chi connectivity index (χ2v) is 5.21. The molecule has 0 amide bonds. The van der Waals surface area contributed by atoms with E-state index in [4.69, 9.17) is 10.5 Å². The van der Waals surface area contributed by atoms with Gasteiger partial charge in [-0.15, -0.1) is 0 Å². The summed E-state index contributed by atoms with van der Waals surface area (Å²) in [7, 11) is 0. The molecule has 1 aliphatic heterocycles. The Balaban J connectivity index is 1.73. The lowest BCUT2D eigenvalue weighted by atomic mass is 10.1. The molecular formula is C14H21N5O. The van der Waals surface area contributed by atoms with Crippen LogP contribution in [0.25, 0.3) is 5.52 Å². The van der Waals surface area contributed by atoms with E-state index < -0.39 is 0 Å². The first-order valence-corrected chi connectivity index (χ1v) is 7.15. The Morgan fingerprint density at radius 3 is 2.95 bits per heavy atom. The number of aromatic nitrogens is 3. The molecule has 2 N–H and O–H groups in total. The van der Waals surface area contributed by atoms with E-state index in [-0.39, 0.29) is 0 Å². The van der Waals surface area contributed by atoms with Crippen molar-refractivity contribution in [1.82, 2.24) is 14.6 Å². The molecular weight excluding hydrogens is 254 g/mol. The van der Waals surface area contributed by atoms with E-state index in [0.29, 0.717) is 19.3 Å². The van der Waals surface area contributed by atoms with E-state index in [1.807, 2.05) is 23.8 Å². The van der Waals surface area contributed by atoms with E-state index >= 15 is 0 Å². The van der Waals surface area contributed by atoms with Crippen LogP contribution in [-0.4, -0.2) is 46.9 Å². The zero-order valence-corrected chi connectivity index (χ0v) is 11.8. The third-order valence-electron chi connectivity index (χ3n) is 3.70. The molecule has 0 atom stereocenters. The standard InChI is InChI=1S/C14H21N5O/c1-11-10-13-14(16-5-8-19(13)17-11)18-6-2-12(3-7-18)20-9-4-15/h5,8,10,12H,2-4,6-7,9,15H2,1H3. The first kappa shape index (κ1) is 13.3. The molecule has 2 aromatic heterocycles. The third-order valence-corrected chi connectivity index (χ3v) is 3.70. The maximum atomic E-state index is 5.72. The quantitative estimate of drug-likeness (QED) is 0.901. The van der Waals surface area contributed by atoms with Crippen molar-refractivity contribution in [3.05, 3.63) is 24.2 Å². The van der Waals surface area contributed by atoms with Crippen LogP contribution >= 0.6 is 0 Å². The molecule has 1 aliphatic rings. The van der Waals surface area contributed by atoms with Crippen LogP contribution in [0.4, 0.5) is 5.82 Å². The summed E-state index contributed by atoms with van der Waals surface area (Å²) in [4.78, 5) is 6.85. The zero-order chi connectivity index (χ0) is 13.9. The second-order valence-electron chi connectivity index (χ2n) is 5.21. The number of ether oxygens (including phenoxy) is 1. The Morgan fingerprint density at radius 2 is 2.20 bits per heavy atom. The number of hydrogen-bond acceptors (Lipinski definition) is 5. The van der Waals surface area contributed by atoms with Crippen molar-refractivity contribution in [2.45, 2.75) is 25.9 Å². The van der Waals surface area contributed by atoms with Crippen LogP contribution in [0.2, 0.25) is 0 Å². The Labute approximate surface area is 118 Å². The number of aryl methyl sites for hydroxylation is 1. The van der Waals surface area contributed by atoms with Crippen molar-refractivity contribution in [3.63, 3.8) is 0 Å². The lowest BCUT2D eigenvalue weighted by Gasteiger charge is -2.32. The first-order valence-electron chi connectivity index (χ1n) is 7.15. The molecule has 0 radical (unpaired) electrons. The summed E-state index contributed by atoms with van der Waals surface area (Å²) in [6.45, 7) is 5.18. The van der Waals surface area contributed by atoms with Gasteiger partial charge in [-0.3, -0.25) is 0 Å². The van der Waals surface area contributed by atoms with Crippen molar-refractivity contribution in [2.75, 3.05) is 31.1 Å². The molecule has 6 heteroatoms. The number of nitrogens with zero attached hydrogens (tertiary/aromatic N) is 4. The van der Waals surface area contributed by atoms with Gasteiger partial charge in [0.2, 0.25) is 0 Å². The van der Waals surface area contributed by atoms with Gasteiger partial charge in [0.15, 0.2) is 5.82 Å². The highest BCUT2D eigenvalue weighted by atomic mass is 16.5. The SMILES string of the molecule is Cc1cc2c(N3CCC(OCCN)CC3)nccn2n1. The molecule has 0 aromatic carbocycles. The lowest BCUT2D eigenvalue weighted by Crippen LogP contribution is -2.38. The van der Waals surface area contributed by atoms with Gasteiger partial charge in [0.05, 0.1) is 18.4 Å². The van der Waals surface area contributed by atoms with Gasteiger partial charge < -0.3 is 15.4 Å². The number of rotatable bonds is 4. The molecule has 2 aromatic rings. The zero-order valence-electron chi connectivity index (χ0n) is 11.8. The summed E-state index contributed by atoms with van der Waals surface area (Å²) in [6.07, 6.45) is 6.08. The van der Waals surface area contributed by atoms with E-state index in [0.717, 1.165) is 43.0 Å². The van der Waals surface area contributed by atoms with Crippen molar-refractivity contribution >= 4 is 11.3 Å². The van der Waals surface area contributed by atoms with Gasteiger partial charge in [-0.1, -0.05) is 0 Å². The highest BCUT2D eigenvalue weighted by Gasteiger charge is 2.22. The summed E-state index contributed by atoms with van der Waals surface area (Å²) in [6, 6.07) is 2.08. The van der Waals surface area contributed by atoms with E-state index in [9.17, 15) is 0 Å². The fraction of sp³-hybridized carbons (Fsp3) is 0.571. The molecule has 0 aliphatic carbocycles. The highest BCUT2D eigenvalue weighted by Crippen LogP contribution is 2.24. The number of nitrogens with two attached hydrogens (primary N) is 1.